The Balaban J connectivity index is -0.00000000500. The van der Waals surface area contributed by atoms with Crippen LogP contribution in [-0.4, -0.2) is 0 Å². The van der Waals surface area contributed by atoms with E-state index < -0.39 is 0 Å². The van der Waals surface area contributed by atoms with Crippen LogP contribution in [0.15, 0.2) is 0 Å². The summed E-state index contributed by atoms with van der Waals surface area (Å²) in [5.41, 5.74) is 0. The number of hydrogen-bond acceptors (Lipinski definition) is 0. The molecule has 2 radical (unpaired) electrons. The molecule has 4 heavy (non-hydrogen) atoms. The van der Waals surface area contributed by atoms with Crippen LogP contribution in [0.2, 0.25) is 0 Å². The maximum atomic E-state index is 2.43. The summed E-state index contributed by atoms with van der Waals surface area (Å²) in [6.45, 7) is 0. The Bertz CT molecular complexity index is 8.00. The topological polar surface area (TPSA) is 0 Å². The molecular weight excluding hydrogens is 237 g/mol. The third kappa shape index (κ3) is 8.88. The molecule has 4 heteroatoms. The first-order valence-electron chi connectivity index (χ1n) is 0.236. The second-order valence-electron chi connectivity index (χ2n) is 0. The molecule has 27 valence electrons. The Morgan fingerprint density at radius 2 is 1.25 bits per heavy atom. The van der Waals surface area contributed by atoms with Crippen LogP contribution >= 0.6 is 7.33 Å². The van der Waals surface area contributed by atoms with Gasteiger partial charge in [-0.1, -0.05) is 0 Å². The number of rotatable bonds is 0. The molecule has 0 rings (SSSR count). The standard InChI is InChI=1S/Co.Mo.H2P.V/h;;1H2;/q;+1;-1;. The summed E-state index contributed by atoms with van der Waals surface area (Å²) in [7, 11) is 2.43. The van der Waals surface area contributed by atoms with Gasteiger partial charge in [0.1, 0.15) is 0 Å². The van der Waals surface area contributed by atoms with E-state index in [2.05, 4.69) is 7.33 Å². The van der Waals surface area contributed by atoms with Crippen LogP contribution in [0.5, 0.6) is 0 Å². The van der Waals surface area contributed by atoms with Gasteiger partial charge in [0.15, 0.2) is 0 Å². The van der Waals surface area contributed by atoms with Gasteiger partial charge in [-0.2, -0.15) is 0 Å². The average molecular weight is 239 g/mol. The van der Waals surface area contributed by atoms with Crippen molar-refractivity contribution in [1.29, 1.82) is 0 Å². The zero-order valence-electron chi connectivity index (χ0n) is 1.77. The molecule has 0 heterocycles. The van der Waals surface area contributed by atoms with Crippen molar-refractivity contribution in [2.75, 3.05) is 0 Å². The molecule has 0 saturated carbocycles. The van der Waals surface area contributed by atoms with E-state index in [1.807, 2.05) is 19.3 Å². The first-order chi connectivity index (χ1) is 1.00. The second-order valence-corrected chi connectivity index (χ2v) is 0. The molecule has 0 amide bonds. The van der Waals surface area contributed by atoms with Crippen molar-refractivity contribution >= 4 is 7.33 Å². The van der Waals surface area contributed by atoms with Crippen molar-refractivity contribution in [3.05, 3.63) is 0 Å². The Morgan fingerprint density at radius 3 is 1.25 bits per heavy atom. The van der Waals surface area contributed by atoms with Crippen molar-refractivity contribution in [2.45, 2.75) is 0 Å². The van der Waals surface area contributed by atoms with Gasteiger partial charge in [0.2, 0.25) is 0 Å². The van der Waals surface area contributed by atoms with Crippen molar-refractivity contribution in [3.8, 4) is 0 Å². The van der Waals surface area contributed by atoms with Gasteiger partial charge in [-0.15, -0.1) is 0 Å². The van der Waals surface area contributed by atoms with Crippen molar-refractivity contribution in [2.24, 2.45) is 0 Å². The summed E-state index contributed by atoms with van der Waals surface area (Å²) in [4.78, 5) is 0. The minimum atomic E-state index is 0. The van der Waals surface area contributed by atoms with Crippen LogP contribution in [0.3, 0.4) is 0 Å². The minimum Gasteiger partial charge on any atom is 0 e. The van der Waals surface area contributed by atoms with E-state index >= 15 is 0 Å². The monoisotopic (exact) mass is 241 g/mol. The van der Waals surface area contributed by atoms with Crippen molar-refractivity contribution < 1.29 is 54.6 Å². The largest absolute Gasteiger partial charge is 0 e. The zero-order chi connectivity index (χ0) is 2.00. The first kappa shape index (κ1) is 16.4. The molecule has 0 N–H and O–H groups in total. The van der Waals surface area contributed by atoms with E-state index in [1.165, 1.54) is 0 Å². The smallest absolute Gasteiger partial charge is 0 e. The summed E-state index contributed by atoms with van der Waals surface area (Å²) in [6, 6.07) is 0. The van der Waals surface area contributed by atoms with Gasteiger partial charge in [0, 0.05) is 35.3 Å². The fraction of sp³-hybridized carbons (Fsp3) is 0. The SMILES string of the molecule is [Co].[PH2][Mo].[V]. The number of hydrogen-bond donors (Lipinski definition) is 0. The molecular formula is H2CoMoPV. The van der Waals surface area contributed by atoms with E-state index in [-0.39, 0.29) is 35.3 Å². The summed E-state index contributed by atoms with van der Waals surface area (Å²) in [5, 5.41) is 0. The minimum absolute atomic E-state index is 0. The molecule has 0 nitrogen and oxygen atoms in total. The predicted molar refractivity (Wildman–Crippen MR) is 9.71 cm³/mol. The molecule has 0 spiro atoms. The van der Waals surface area contributed by atoms with Crippen LogP contribution in [0.25, 0.3) is 0 Å². The molecule has 0 saturated heterocycles. The normalized spacial score (nSPS) is 1.25. The summed E-state index contributed by atoms with van der Waals surface area (Å²) in [6.07, 6.45) is 0. The second kappa shape index (κ2) is 18.9. The molecule has 0 fully saturated rings. The third-order valence-electron chi connectivity index (χ3n) is 0. The van der Waals surface area contributed by atoms with Crippen LogP contribution < -0.4 is 0 Å². The molecule has 1 unspecified atom stereocenters. The van der Waals surface area contributed by atoms with Gasteiger partial charge < -0.3 is 0 Å². The molecule has 1 atom stereocenters. The van der Waals surface area contributed by atoms with Crippen LogP contribution in [0, 0.1) is 0 Å². The third-order valence-corrected chi connectivity index (χ3v) is 0. The van der Waals surface area contributed by atoms with Gasteiger partial charge in [-0.05, 0) is 0 Å². The first-order valence-corrected chi connectivity index (χ1v) is 4.18. The fourth-order valence-electron chi connectivity index (χ4n) is 0. The molecule has 0 aromatic carbocycles. The molecule has 0 aliphatic rings. The van der Waals surface area contributed by atoms with Crippen molar-refractivity contribution in [1.82, 2.24) is 0 Å². The maximum Gasteiger partial charge on any atom is 0 e. The molecule has 0 bridgehead atoms. The van der Waals surface area contributed by atoms with Gasteiger partial charge in [0.05, 0.1) is 0 Å². The Kier molecular flexibility index (Phi) is 77.3. The average Bonchev–Trinajstić information content (AvgIpc) is 1.00. The predicted octanol–water partition coefficient (Wildman–Crippen LogP) is 0.318. The fourth-order valence-corrected chi connectivity index (χ4v) is 0. The summed E-state index contributed by atoms with van der Waals surface area (Å²) >= 11 is 1.87. The van der Waals surface area contributed by atoms with E-state index in [0.717, 1.165) is 0 Å². The van der Waals surface area contributed by atoms with E-state index in [9.17, 15) is 0 Å². The summed E-state index contributed by atoms with van der Waals surface area (Å²) < 4.78 is 0. The quantitative estimate of drug-likeness (QED) is 0.421. The Morgan fingerprint density at radius 1 is 1.25 bits per heavy atom. The Hall–Kier alpha value is 2.21. The molecule has 0 aliphatic heterocycles. The van der Waals surface area contributed by atoms with E-state index in [0.29, 0.717) is 0 Å². The molecule has 0 aromatic heterocycles. The van der Waals surface area contributed by atoms with Gasteiger partial charge in [-0.25, -0.2) is 0 Å². The van der Waals surface area contributed by atoms with E-state index in [4.69, 9.17) is 0 Å². The van der Waals surface area contributed by atoms with Crippen LogP contribution in [0.4, 0.5) is 0 Å². The summed E-state index contributed by atoms with van der Waals surface area (Å²) in [5.74, 6) is 0. The zero-order valence-corrected chi connectivity index (χ0v) is 7.37. The van der Waals surface area contributed by atoms with Crippen LogP contribution in [-0.2, 0) is 54.6 Å². The maximum absolute atomic E-state index is 2.43. The van der Waals surface area contributed by atoms with Crippen molar-refractivity contribution in [3.63, 3.8) is 0 Å². The van der Waals surface area contributed by atoms with Gasteiger partial charge >= 0.3 is 26.6 Å². The Labute approximate surface area is 61.5 Å². The van der Waals surface area contributed by atoms with Gasteiger partial charge in [0.25, 0.3) is 0 Å². The molecule has 0 aliphatic carbocycles. The molecule has 0 aromatic rings. The van der Waals surface area contributed by atoms with Crippen LogP contribution in [0.1, 0.15) is 0 Å². The van der Waals surface area contributed by atoms with Gasteiger partial charge in [-0.3, -0.25) is 0 Å². The van der Waals surface area contributed by atoms with E-state index in [1.54, 1.807) is 0 Å².